The van der Waals surface area contributed by atoms with Crippen LogP contribution in [0.2, 0.25) is 0 Å². The summed E-state index contributed by atoms with van der Waals surface area (Å²) in [5, 5.41) is 14.5. The van der Waals surface area contributed by atoms with Crippen LogP contribution < -0.4 is 16.8 Å². The summed E-state index contributed by atoms with van der Waals surface area (Å²) < 4.78 is 2.09. The van der Waals surface area contributed by atoms with Gasteiger partial charge in [0.15, 0.2) is 0 Å². The number of aryl methyl sites for hydroxylation is 1. The molecule has 6 heteroatoms. The summed E-state index contributed by atoms with van der Waals surface area (Å²) in [5.74, 6) is -0.0409. The van der Waals surface area contributed by atoms with Crippen LogP contribution in [-0.2, 0) is 6.54 Å². The molecule has 0 saturated heterocycles. The standard InChI is InChI=1S/C28H31N5O/c1-17-23-14-9-19(27(30)31)15-25(23)33(16-20-7-4-6-18-5-2-3-8-24(18)20)26(17)28(34)32-22-12-10-21(29)11-13-22/h2-9,14-15,21-22H,10-13,16,29H2,1H3,(H3,30,31)(H,32,34). The Balaban J connectivity index is 1.62. The number of nitrogens with two attached hydrogens (primary N) is 2. The van der Waals surface area contributed by atoms with Crippen LogP contribution in [0.15, 0.2) is 60.7 Å². The number of rotatable bonds is 5. The molecule has 3 aromatic carbocycles. The molecule has 1 aliphatic rings. The first-order chi connectivity index (χ1) is 16.4. The quantitative estimate of drug-likeness (QED) is 0.265. The smallest absolute Gasteiger partial charge is 0.268 e. The molecule has 1 amide bonds. The molecular weight excluding hydrogens is 422 g/mol. The topological polar surface area (TPSA) is 110 Å². The number of nitrogens with zero attached hydrogens (tertiary/aromatic N) is 1. The molecule has 0 atom stereocenters. The molecule has 1 fully saturated rings. The van der Waals surface area contributed by atoms with Crippen LogP contribution in [0, 0.1) is 12.3 Å². The van der Waals surface area contributed by atoms with Crippen molar-refractivity contribution < 1.29 is 4.79 Å². The van der Waals surface area contributed by atoms with Gasteiger partial charge in [0.2, 0.25) is 0 Å². The van der Waals surface area contributed by atoms with E-state index in [-0.39, 0.29) is 23.8 Å². The number of benzene rings is 3. The van der Waals surface area contributed by atoms with E-state index in [1.54, 1.807) is 0 Å². The van der Waals surface area contributed by atoms with Crippen LogP contribution in [0.3, 0.4) is 0 Å². The number of hydrogen-bond acceptors (Lipinski definition) is 3. The Hall–Kier alpha value is -3.64. The van der Waals surface area contributed by atoms with E-state index >= 15 is 0 Å². The molecule has 0 radical (unpaired) electrons. The highest BCUT2D eigenvalue weighted by Crippen LogP contribution is 2.30. The number of aromatic nitrogens is 1. The lowest BCUT2D eigenvalue weighted by Gasteiger charge is -2.27. The zero-order chi connectivity index (χ0) is 23.8. The molecule has 1 saturated carbocycles. The zero-order valence-corrected chi connectivity index (χ0v) is 19.5. The van der Waals surface area contributed by atoms with Crippen molar-refractivity contribution >= 4 is 33.4 Å². The van der Waals surface area contributed by atoms with Gasteiger partial charge in [0.05, 0.1) is 0 Å². The molecular formula is C28H31N5O. The van der Waals surface area contributed by atoms with Crippen LogP contribution >= 0.6 is 0 Å². The second-order valence-electron chi connectivity index (χ2n) is 9.43. The van der Waals surface area contributed by atoms with Crippen LogP contribution in [0.5, 0.6) is 0 Å². The number of carbonyl (C=O) groups is 1. The minimum Gasteiger partial charge on any atom is -0.384 e. The van der Waals surface area contributed by atoms with E-state index < -0.39 is 0 Å². The maximum absolute atomic E-state index is 13.6. The first-order valence-corrected chi connectivity index (χ1v) is 11.9. The second-order valence-corrected chi connectivity index (χ2v) is 9.43. The van der Waals surface area contributed by atoms with E-state index in [4.69, 9.17) is 16.9 Å². The Kier molecular flexibility index (Phi) is 5.84. The van der Waals surface area contributed by atoms with E-state index in [2.05, 4.69) is 40.2 Å². The predicted molar refractivity (Wildman–Crippen MR) is 138 cm³/mol. The van der Waals surface area contributed by atoms with Gasteiger partial charge in [-0.05, 0) is 60.6 Å². The lowest BCUT2D eigenvalue weighted by molar-refractivity contribution is 0.0916. The first-order valence-electron chi connectivity index (χ1n) is 11.9. The highest BCUT2D eigenvalue weighted by molar-refractivity contribution is 6.04. The van der Waals surface area contributed by atoms with Gasteiger partial charge in [-0.25, -0.2) is 0 Å². The maximum atomic E-state index is 13.6. The molecule has 6 nitrogen and oxygen atoms in total. The molecule has 1 aliphatic carbocycles. The second kappa shape index (κ2) is 8.95. The minimum absolute atomic E-state index is 0.0157. The van der Waals surface area contributed by atoms with Crippen LogP contribution in [0.4, 0.5) is 0 Å². The summed E-state index contributed by atoms with van der Waals surface area (Å²) in [6.45, 7) is 2.55. The normalized spacial score (nSPS) is 18.3. The van der Waals surface area contributed by atoms with Crippen molar-refractivity contribution in [3.05, 3.63) is 83.0 Å². The molecule has 1 heterocycles. The number of fused-ring (bicyclic) bond motifs is 2. The molecule has 1 aromatic heterocycles. The fourth-order valence-electron chi connectivity index (χ4n) is 5.27. The molecule has 5 rings (SSSR count). The van der Waals surface area contributed by atoms with Gasteiger partial charge in [-0.1, -0.05) is 54.6 Å². The average molecular weight is 454 g/mol. The highest BCUT2D eigenvalue weighted by atomic mass is 16.2. The van der Waals surface area contributed by atoms with Crippen molar-refractivity contribution in [2.75, 3.05) is 0 Å². The summed E-state index contributed by atoms with van der Waals surface area (Å²) in [4.78, 5) is 13.6. The van der Waals surface area contributed by atoms with Crippen molar-refractivity contribution in [1.29, 1.82) is 5.41 Å². The van der Waals surface area contributed by atoms with E-state index in [0.29, 0.717) is 17.8 Å². The maximum Gasteiger partial charge on any atom is 0.268 e. The Labute approximate surface area is 199 Å². The number of hydrogen-bond donors (Lipinski definition) is 4. The van der Waals surface area contributed by atoms with E-state index in [1.165, 1.54) is 10.8 Å². The van der Waals surface area contributed by atoms with E-state index in [0.717, 1.165) is 47.7 Å². The minimum atomic E-state index is -0.0567. The lowest BCUT2D eigenvalue weighted by atomic mass is 9.92. The van der Waals surface area contributed by atoms with Gasteiger partial charge in [0, 0.05) is 35.1 Å². The molecule has 174 valence electrons. The molecule has 0 aliphatic heterocycles. The SMILES string of the molecule is Cc1c(C(=O)NC2CCC(N)CC2)n(Cc2cccc3ccccc23)c2cc(C(=N)N)ccc12. The number of carbonyl (C=O) groups excluding carboxylic acids is 1. The summed E-state index contributed by atoms with van der Waals surface area (Å²) in [6, 6.07) is 20.7. The van der Waals surface area contributed by atoms with Crippen LogP contribution in [-0.4, -0.2) is 28.4 Å². The van der Waals surface area contributed by atoms with Gasteiger partial charge in [-0.15, -0.1) is 0 Å². The predicted octanol–water partition coefficient (Wildman–Crippen LogP) is 4.43. The summed E-state index contributed by atoms with van der Waals surface area (Å²) in [6.07, 6.45) is 3.68. The molecule has 34 heavy (non-hydrogen) atoms. The Morgan fingerprint density at radius 2 is 1.76 bits per heavy atom. The van der Waals surface area contributed by atoms with Crippen molar-refractivity contribution in [1.82, 2.24) is 9.88 Å². The Bertz CT molecular complexity index is 1390. The number of nitrogens with one attached hydrogen (secondary N) is 2. The summed E-state index contributed by atoms with van der Waals surface area (Å²) in [7, 11) is 0. The van der Waals surface area contributed by atoms with Crippen molar-refractivity contribution in [3.63, 3.8) is 0 Å². The third-order valence-electron chi connectivity index (χ3n) is 7.16. The fraction of sp³-hybridized carbons (Fsp3) is 0.286. The first kappa shape index (κ1) is 22.2. The monoisotopic (exact) mass is 453 g/mol. The van der Waals surface area contributed by atoms with Gasteiger partial charge in [-0.2, -0.15) is 0 Å². The van der Waals surface area contributed by atoms with Gasteiger partial charge in [0.25, 0.3) is 5.91 Å². The molecule has 0 unspecified atom stereocenters. The van der Waals surface area contributed by atoms with Crippen molar-refractivity contribution in [2.45, 2.75) is 51.2 Å². The summed E-state index contributed by atoms with van der Waals surface area (Å²) >= 11 is 0. The molecule has 6 N–H and O–H groups in total. The molecule has 0 spiro atoms. The zero-order valence-electron chi connectivity index (χ0n) is 19.5. The van der Waals surface area contributed by atoms with Gasteiger partial charge in [0.1, 0.15) is 11.5 Å². The Morgan fingerprint density at radius 1 is 1.03 bits per heavy atom. The highest BCUT2D eigenvalue weighted by Gasteiger charge is 2.25. The Morgan fingerprint density at radius 3 is 2.53 bits per heavy atom. The van der Waals surface area contributed by atoms with Gasteiger partial charge in [-0.3, -0.25) is 10.2 Å². The van der Waals surface area contributed by atoms with E-state index in [9.17, 15) is 4.79 Å². The third-order valence-corrected chi connectivity index (χ3v) is 7.16. The average Bonchev–Trinajstić information content (AvgIpc) is 3.11. The van der Waals surface area contributed by atoms with Crippen molar-refractivity contribution in [2.24, 2.45) is 11.5 Å². The van der Waals surface area contributed by atoms with Crippen molar-refractivity contribution in [3.8, 4) is 0 Å². The van der Waals surface area contributed by atoms with Gasteiger partial charge >= 0.3 is 0 Å². The van der Waals surface area contributed by atoms with E-state index in [1.807, 2.05) is 37.3 Å². The van der Waals surface area contributed by atoms with Crippen LogP contribution in [0.1, 0.15) is 52.9 Å². The number of nitrogen functional groups attached to an aromatic ring is 1. The lowest BCUT2D eigenvalue weighted by Crippen LogP contribution is -2.41. The largest absolute Gasteiger partial charge is 0.384 e. The van der Waals surface area contributed by atoms with Crippen LogP contribution in [0.25, 0.3) is 21.7 Å². The fourth-order valence-corrected chi connectivity index (χ4v) is 5.27. The number of amides is 1. The molecule has 0 bridgehead atoms. The number of amidine groups is 1. The summed E-state index contributed by atoms with van der Waals surface area (Å²) in [5.41, 5.74) is 16.2. The molecule has 4 aromatic rings. The third kappa shape index (κ3) is 4.05. The van der Waals surface area contributed by atoms with Gasteiger partial charge < -0.3 is 21.4 Å².